The number of fused-ring (bicyclic) bond motifs is 1. The molecular formula is C18H21N5O3. The number of nitrogens with zero attached hydrogens (tertiary/aromatic N) is 4. The molecule has 0 fully saturated rings. The van der Waals surface area contributed by atoms with E-state index in [4.69, 9.17) is 0 Å². The zero-order valence-electron chi connectivity index (χ0n) is 15.0. The Labute approximate surface area is 149 Å². The summed E-state index contributed by atoms with van der Waals surface area (Å²) in [6.07, 6.45) is 2.15. The number of benzene rings is 1. The Morgan fingerprint density at radius 1 is 1.12 bits per heavy atom. The normalized spacial score (nSPS) is 11.0. The first-order valence-corrected chi connectivity index (χ1v) is 8.32. The highest BCUT2D eigenvalue weighted by Gasteiger charge is 2.15. The van der Waals surface area contributed by atoms with Crippen LogP contribution in [0.3, 0.4) is 0 Å². The Kier molecular flexibility index (Phi) is 4.75. The van der Waals surface area contributed by atoms with Crippen LogP contribution in [0.15, 0.2) is 40.1 Å². The molecule has 0 unspecified atom stereocenters. The number of carbonyl (C=O) groups excluding carboxylic acids is 1. The number of carbonyl (C=O) groups is 1. The SMILES string of the molecule is Cc1ccc(CCNC(=O)Cn2ncc3c2c(=O)n(C)c(=O)n3C)cc1. The van der Waals surface area contributed by atoms with E-state index in [1.165, 1.54) is 28.1 Å². The zero-order chi connectivity index (χ0) is 18.8. The largest absolute Gasteiger partial charge is 0.354 e. The third-order valence-electron chi connectivity index (χ3n) is 4.41. The first kappa shape index (κ1) is 17.7. The summed E-state index contributed by atoms with van der Waals surface area (Å²) >= 11 is 0. The molecule has 1 amide bonds. The summed E-state index contributed by atoms with van der Waals surface area (Å²) in [6.45, 7) is 2.45. The summed E-state index contributed by atoms with van der Waals surface area (Å²) in [6, 6.07) is 8.14. The van der Waals surface area contributed by atoms with Gasteiger partial charge in [0.2, 0.25) is 5.91 Å². The summed E-state index contributed by atoms with van der Waals surface area (Å²) in [5, 5.41) is 6.93. The lowest BCUT2D eigenvalue weighted by Crippen LogP contribution is -2.38. The highest BCUT2D eigenvalue weighted by molar-refractivity contribution is 5.79. The lowest BCUT2D eigenvalue weighted by molar-refractivity contribution is -0.121. The molecule has 2 aromatic heterocycles. The molecule has 26 heavy (non-hydrogen) atoms. The summed E-state index contributed by atoms with van der Waals surface area (Å²) in [5.74, 6) is -0.238. The molecule has 0 aliphatic heterocycles. The number of hydrogen-bond donors (Lipinski definition) is 1. The van der Waals surface area contributed by atoms with Gasteiger partial charge in [0.05, 0.1) is 11.7 Å². The van der Waals surface area contributed by atoms with E-state index in [1.807, 2.05) is 31.2 Å². The second kappa shape index (κ2) is 6.99. The number of hydrogen-bond acceptors (Lipinski definition) is 4. The van der Waals surface area contributed by atoms with Crippen LogP contribution in [0.4, 0.5) is 0 Å². The van der Waals surface area contributed by atoms with Crippen LogP contribution in [0.5, 0.6) is 0 Å². The molecule has 3 rings (SSSR count). The van der Waals surface area contributed by atoms with Gasteiger partial charge in [-0.2, -0.15) is 5.10 Å². The van der Waals surface area contributed by atoms with Gasteiger partial charge in [-0.15, -0.1) is 0 Å². The molecule has 0 saturated carbocycles. The molecule has 1 aromatic carbocycles. The van der Waals surface area contributed by atoms with Crippen LogP contribution >= 0.6 is 0 Å². The van der Waals surface area contributed by atoms with Crippen LogP contribution in [0.25, 0.3) is 11.0 Å². The number of rotatable bonds is 5. The maximum absolute atomic E-state index is 12.3. The summed E-state index contributed by atoms with van der Waals surface area (Å²) in [4.78, 5) is 36.5. The summed E-state index contributed by atoms with van der Waals surface area (Å²) in [5.41, 5.74) is 2.09. The van der Waals surface area contributed by atoms with E-state index in [0.29, 0.717) is 12.1 Å². The van der Waals surface area contributed by atoms with E-state index in [9.17, 15) is 14.4 Å². The molecule has 3 aromatic rings. The van der Waals surface area contributed by atoms with Crippen molar-refractivity contribution in [3.8, 4) is 0 Å². The predicted octanol–water partition coefficient (Wildman–Crippen LogP) is 0.101. The molecule has 0 aliphatic carbocycles. The predicted molar refractivity (Wildman–Crippen MR) is 98.1 cm³/mol. The quantitative estimate of drug-likeness (QED) is 0.703. The average molecular weight is 355 g/mol. The van der Waals surface area contributed by atoms with Gasteiger partial charge in [0.1, 0.15) is 6.54 Å². The minimum Gasteiger partial charge on any atom is -0.354 e. The first-order valence-electron chi connectivity index (χ1n) is 8.32. The van der Waals surface area contributed by atoms with Crippen molar-refractivity contribution < 1.29 is 4.79 Å². The molecule has 136 valence electrons. The van der Waals surface area contributed by atoms with Crippen LogP contribution in [0, 0.1) is 6.92 Å². The summed E-state index contributed by atoms with van der Waals surface area (Å²) < 4.78 is 3.68. The smallest absolute Gasteiger partial charge is 0.331 e. The Hall–Kier alpha value is -3.16. The van der Waals surface area contributed by atoms with Crippen molar-refractivity contribution in [3.05, 3.63) is 62.4 Å². The van der Waals surface area contributed by atoms with Gasteiger partial charge >= 0.3 is 5.69 Å². The molecule has 0 saturated heterocycles. The van der Waals surface area contributed by atoms with Crippen molar-refractivity contribution in [1.29, 1.82) is 0 Å². The van der Waals surface area contributed by atoms with Crippen molar-refractivity contribution in [2.75, 3.05) is 6.54 Å². The Morgan fingerprint density at radius 2 is 1.81 bits per heavy atom. The lowest BCUT2D eigenvalue weighted by atomic mass is 10.1. The van der Waals surface area contributed by atoms with E-state index in [0.717, 1.165) is 16.6 Å². The fraction of sp³-hybridized carbons (Fsp3) is 0.333. The molecule has 0 atom stereocenters. The molecule has 2 heterocycles. The van der Waals surface area contributed by atoms with Gasteiger partial charge in [-0.1, -0.05) is 29.8 Å². The van der Waals surface area contributed by atoms with Crippen molar-refractivity contribution in [2.45, 2.75) is 19.9 Å². The molecule has 0 spiro atoms. The van der Waals surface area contributed by atoms with Crippen LogP contribution in [-0.4, -0.2) is 31.4 Å². The van der Waals surface area contributed by atoms with Gasteiger partial charge < -0.3 is 5.32 Å². The fourth-order valence-electron chi connectivity index (χ4n) is 2.83. The number of amides is 1. The van der Waals surface area contributed by atoms with E-state index < -0.39 is 11.2 Å². The number of aryl methyl sites for hydroxylation is 2. The number of nitrogens with one attached hydrogen (secondary N) is 1. The topological polar surface area (TPSA) is 90.9 Å². The maximum atomic E-state index is 12.3. The third kappa shape index (κ3) is 3.30. The summed E-state index contributed by atoms with van der Waals surface area (Å²) in [7, 11) is 2.97. The molecule has 0 radical (unpaired) electrons. The molecule has 1 N–H and O–H groups in total. The van der Waals surface area contributed by atoms with Gasteiger partial charge in [-0.25, -0.2) is 9.48 Å². The molecule has 8 nitrogen and oxygen atoms in total. The molecular weight excluding hydrogens is 334 g/mol. The molecule has 0 bridgehead atoms. The van der Waals surface area contributed by atoms with Crippen molar-refractivity contribution in [2.24, 2.45) is 14.1 Å². The van der Waals surface area contributed by atoms with Crippen molar-refractivity contribution in [1.82, 2.24) is 24.2 Å². The highest BCUT2D eigenvalue weighted by atomic mass is 16.2. The van der Waals surface area contributed by atoms with Crippen LogP contribution in [-0.2, 0) is 31.9 Å². The van der Waals surface area contributed by atoms with Gasteiger partial charge in [0, 0.05) is 20.6 Å². The standard InChI is InChI=1S/C18H21N5O3/c1-12-4-6-13(7-5-12)8-9-19-15(24)11-23-16-14(10-20-23)21(2)18(26)22(3)17(16)25/h4-7,10H,8-9,11H2,1-3H3,(H,19,24). The average Bonchev–Trinajstić information content (AvgIpc) is 3.03. The number of aromatic nitrogens is 4. The minimum absolute atomic E-state index is 0.0785. The van der Waals surface area contributed by atoms with Crippen LogP contribution < -0.4 is 16.6 Å². The van der Waals surface area contributed by atoms with Crippen molar-refractivity contribution in [3.63, 3.8) is 0 Å². The third-order valence-corrected chi connectivity index (χ3v) is 4.41. The Balaban J connectivity index is 1.71. The molecule has 8 heteroatoms. The van der Waals surface area contributed by atoms with Crippen LogP contribution in [0.1, 0.15) is 11.1 Å². The van der Waals surface area contributed by atoms with E-state index in [2.05, 4.69) is 10.4 Å². The van der Waals surface area contributed by atoms with Gasteiger partial charge in [-0.3, -0.25) is 18.7 Å². The van der Waals surface area contributed by atoms with Gasteiger partial charge in [0.25, 0.3) is 5.56 Å². The minimum atomic E-state index is -0.465. The van der Waals surface area contributed by atoms with E-state index >= 15 is 0 Å². The van der Waals surface area contributed by atoms with Gasteiger partial charge in [0.15, 0.2) is 5.52 Å². The Morgan fingerprint density at radius 3 is 2.50 bits per heavy atom. The Bertz CT molecular complexity index is 1070. The first-order chi connectivity index (χ1) is 12.4. The van der Waals surface area contributed by atoms with E-state index in [1.54, 1.807) is 7.05 Å². The van der Waals surface area contributed by atoms with Crippen LogP contribution in [0.2, 0.25) is 0 Å². The second-order valence-electron chi connectivity index (χ2n) is 6.33. The molecule has 0 aliphatic rings. The maximum Gasteiger partial charge on any atom is 0.331 e. The highest BCUT2D eigenvalue weighted by Crippen LogP contribution is 2.06. The lowest BCUT2D eigenvalue weighted by Gasteiger charge is -2.08. The monoisotopic (exact) mass is 355 g/mol. The zero-order valence-corrected chi connectivity index (χ0v) is 15.0. The van der Waals surface area contributed by atoms with Crippen molar-refractivity contribution >= 4 is 16.9 Å². The van der Waals surface area contributed by atoms with Gasteiger partial charge in [-0.05, 0) is 18.9 Å². The fourth-order valence-corrected chi connectivity index (χ4v) is 2.83. The van der Waals surface area contributed by atoms with E-state index in [-0.39, 0.29) is 18.0 Å². The second-order valence-corrected chi connectivity index (χ2v) is 6.33.